The van der Waals surface area contributed by atoms with E-state index in [-0.39, 0.29) is 0 Å². The minimum Gasteiger partial charge on any atom is -0.367 e. The van der Waals surface area contributed by atoms with Crippen LogP contribution in [0.1, 0.15) is 49.7 Å². The molecule has 1 saturated heterocycles. The number of fused-ring (bicyclic) bond motifs is 3. The summed E-state index contributed by atoms with van der Waals surface area (Å²) in [5, 5.41) is 1.31. The second-order valence-electron chi connectivity index (χ2n) is 8.59. The predicted octanol–water partition coefficient (Wildman–Crippen LogP) is 6.38. The van der Waals surface area contributed by atoms with Crippen LogP contribution in [0.4, 0.5) is 5.69 Å². The smallest absolute Gasteiger partial charge is 0.0670 e. The van der Waals surface area contributed by atoms with Crippen LogP contribution in [0.15, 0.2) is 30.3 Å². The number of likely N-dealkylation sites (tertiary alicyclic amines) is 1. The molecule has 3 aliphatic rings. The minimum absolute atomic E-state index is 0.621. The van der Waals surface area contributed by atoms with Gasteiger partial charge in [0.2, 0.25) is 0 Å². The van der Waals surface area contributed by atoms with Gasteiger partial charge in [0, 0.05) is 42.8 Å². The number of halogens is 2. The van der Waals surface area contributed by atoms with Gasteiger partial charge in [-0.2, -0.15) is 0 Å². The SMILES string of the molecule is CCCCN1CC[C@H]2[C@@H](C1)c1cc(-c3cccc(Cl)c3Cl)cc3c1N2CCC3. The first-order valence-corrected chi connectivity index (χ1v) is 11.5. The summed E-state index contributed by atoms with van der Waals surface area (Å²) < 4.78 is 0. The van der Waals surface area contributed by atoms with E-state index < -0.39 is 0 Å². The molecule has 3 aliphatic heterocycles. The first-order chi connectivity index (χ1) is 13.7. The van der Waals surface area contributed by atoms with Crippen LogP contribution in [0.25, 0.3) is 11.1 Å². The van der Waals surface area contributed by atoms with Crippen molar-refractivity contribution in [2.75, 3.05) is 31.1 Å². The van der Waals surface area contributed by atoms with Gasteiger partial charge < -0.3 is 9.80 Å². The van der Waals surface area contributed by atoms with Crippen LogP contribution in [-0.2, 0) is 6.42 Å². The average Bonchev–Trinajstić information content (AvgIpc) is 3.03. The fraction of sp³-hybridized carbons (Fsp3) is 0.500. The Labute approximate surface area is 178 Å². The van der Waals surface area contributed by atoms with Crippen LogP contribution in [0.2, 0.25) is 10.0 Å². The van der Waals surface area contributed by atoms with Gasteiger partial charge in [-0.1, -0.05) is 48.7 Å². The molecule has 4 heteroatoms. The number of aryl methyl sites for hydroxylation is 1. The van der Waals surface area contributed by atoms with Crippen molar-refractivity contribution in [3.05, 3.63) is 51.5 Å². The van der Waals surface area contributed by atoms with Crippen LogP contribution < -0.4 is 4.90 Å². The van der Waals surface area contributed by atoms with E-state index in [0.29, 0.717) is 22.0 Å². The zero-order chi connectivity index (χ0) is 19.3. The normalized spacial score (nSPS) is 23.6. The van der Waals surface area contributed by atoms with Gasteiger partial charge in [0.25, 0.3) is 0 Å². The number of rotatable bonds is 4. The van der Waals surface area contributed by atoms with Crippen molar-refractivity contribution in [3.8, 4) is 11.1 Å². The van der Waals surface area contributed by atoms with Crippen molar-refractivity contribution in [2.24, 2.45) is 0 Å². The molecule has 3 heterocycles. The molecule has 0 radical (unpaired) electrons. The van der Waals surface area contributed by atoms with Crippen molar-refractivity contribution >= 4 is 28.9 Å². The quantitative estimate of drug-likeness (QED) is 0.571. The highest BCUT2D eigenvalue weighted by Crippen LogP contribution is 2.50. The molecule has 0 aromatic heterocycles. The Bertz CT molecular complexity index is 894. The molecular formula is C24H28Cl2N2. The topological polar surface area (TPSA) is 6.48 Å². The third kappa shape index (κ3) is 3.05. The van der Waals surface area contributed by atoms with E-state index >= 15 is 0 Å². The van der Waals surface area contributed by atoms with E-state index in [1.54, 1.807) is 11.3 Å². The molecule has 0 unspecified atom stereocenters. The van der Waals surface area contributed by atoms with Gasteiger partial charge in [-0.3, -0.25) is 0 Å². The number of nitrogens with zero attached hydrogens (tertiary/aromatic N) is 2. The second kappa shape index (κ2) is 7.55. The van der Waals surface area contributed by atoms with E-state index in [1.807, 2.05) is 12.1 Å². The van der Waals surface area contributed by atoms with Crippen LogP contribution in [-0.4, -0.2) is 37.1 Å². The Morgan fingerprint density at radius 3 is 2.89 bits per heavy atom. The summed E-state index contributed by atoms with van der Waals surface area (Å²) in [7, 11) is 0. The van der Waals surface area contributed by atoms with E-state index in [2.05, 4.69) is 34.9 Å². The fourth-order valence-corrected chi connectivity index (χ4v) is 5.99. The zero-order valence-corrected chi connectivity index (χ0v) is 18.1. The predicted molar refractivity (Wildman–Crippen MR) is 120 cm³/mol. The van der Waals surface area contributed by atoms with Gasteiger partial charge in [-0.05, 0) is 67.1 Å². The molecule has 0 N–H and O–H groups in total. The van der Waals surface area contributed by atoms with Gasteiger partial charge in [0.1, 0.15) is 0 Å². The molecule has 2 nitrogen and oxygen atoms in total. The van der Waals surface area contributed by atoms with Crippen molar-refractivity contribution in [1.82, 2.24) is 4.90 Å². The highest BCUT2D eigenvalue weighted by Gasteiger charge is 2.43. The highest BCUT2D eigenvalue weighted by atomic mass is 35.5. The zero-order valence-electron chi connectivity index (χ0n) is 16.6. The van der Waals surface area contributed by atoms with Gasteiger partial charge in [-0.25, -0.2) is 0 Å². The maximum Gasteiger partial charge on any atom is 0.0670 e. The Kier molecular flexibility index (Phi) is 5.07. The summed E-state index contributed by atoms with van der Waals surface area (Å²) in [4.78, 5) is 5.42. The molecule has 0 amide bonds. The van der Waals surface area contributed by atoms with Crippen LogP contribution in [0.5, 0.6) is 0 Å². The molecule has 0 aliphatic carbocycles. The molecule has 0 spiro atoms. The third-order valence-corrected chi connectivity index (χ3v) is 7.72. The lowest BCUT2D eigenvalue weighted by atomic mass is 9.86. The largest absolute Gasteiger partial charge is 0.367 e. The van der Waals surface area contributed by atoms with E-state index in [0.717, 1.165) is 5.56 Å². The number of hydrogen-bond acceptors (Lipinski definition) is 2. The number of unbranched alkanes of at least 4 members (excludes halogenated alkanes) is 1. The summed E-state index contributed by atoms with van der Waals surface area (Å²) in [6, 6.07) is 11.4. The van der Waals surface area contributed by atoms with E-state index in [4.69, 9.17) is 23.2 Å². The summed E-state index contributed by atoms with van der Waals surface area (Å²) in [5.74, 6) is 0.621. The molecule has 2 atom stereocenters. The van der Waals surface area contributed by atoms with Crippen LogP contribution >= 0.6 is 23.2 Å². The second-order valence-corrected chi connectivity index (χ2v) is 9.37. The molecule has 2 aromatic rings. The Hall–Kier alpha value is -1.22. The number of anilines is 1. The van der Waals surface area contributed by atoms with E-state index in [9.17, 15) is 0 Å². The lowest BCUT2D eigenvalue weighted by Gasteiger charge is -2.40. The Balaban J connectivity index is 1.57. The molecule has 0 saturated carbocycles. The first-order valence-electron chi connectivity index (χ1n) is 10.8. The molecule has 148 valence electrons. The van der Waals surface area contributed by atoms with Crippen molar-refractivity contribution < 1.29 is 0 Å². The molecule has 5 rings (SSSR count). The third-order valence-electron chi connectivity index (χ3n) is 6.90. The van der Waals surface area contributed by atoms with Crippen molar-refractivity contribution in [1.29, 1.82) is 0 Å². The first kappa shape index (κ1) is 18.8. The summed E-state index contributed by atoms with van der Waals surface area (Å²) in [5.41, 5.74) is 6.89. The van der Waals surface area contributed by atoms with E-state index in [1.165, 1.54) is 69.4 Å². The molecule has 0 bridgehead atoms. The monoisotopic (exact) mass is 414 g/mol. The molecule has 1 fully saturated rings. The summed E-state index contributed by atoms with van der Waals surface area (Å²) >= 11 is 12.9. The standard InChI is InChI=1S/C24H28Cl2N2/c1-2-3-10-27-12-9-22-20(15-27)19-14-17(18-7-4-8-21(25)23(18)26)13-16-6-5-11-28(22)24(16)19/h4,7-8,13-14,20,22H,2-3,5-6,9-12,15H2,1H3/t20-,22-/m0/s1. The van der Waals surface area contributed by atoms with Gasteiger partial charge in [0.15, 0.2) is 0 Å². The van der Waals surface area contributed by atoms with Crippen molar-refractivity contribution in [3.63, 3.8) is 0 Å². The highest BCUT2D eigenvalue weighted by molar-refractivity contribution is 6.43. The summed E-state index contributed by atoms with van der Waals surface area (Å²) in [6.45, 7) is 7.18. The number of hydrogen-bond donors (Lipinski definition) is 0. The lowest BCUT2D eigenvalue weighted by molar-refractivity contribution is 0.191. The fourth-order valence-electron chi connectivity index (χ4n) is 5.58. The van der Waals surface area contributed by atoms with Crippen molar-refractivity contribution in [2.45, 2.75) is 51.0 Å². The minimum atomic E-state index is 0.621. The lowest BCUT2D eigenvalue weighted by Crippen LogP contribution is -2.47. The average molecular weight is 415 g/mol. The number of benzene rings is 2. The van der Waals surface area contributed by atoms with Gasteiger partial charge in [0.05, 0.1) is 10.0 Å². The molecule has 28 heavy (non-hydrogen) atoms. The Morgan fingerprint density at radius 1 is 1.14 bits per heavy atom. The van der Waals surface area contributed by atoms with Gasteiger partial charge >= 0.3 is 0 Å². The Morgan fingerprint density at radius 2 is 2.04 bits per heavy atom. The molecular weight excluding hydrogens is 387 g/mol. The maximum absolute atomic E-state index is 6.58. The number of piperidine rings is 1. The molecule has 2 aromatic carbocycles. The summed E-state index contributed by atoms with van der Waals surface area (Å²) in [6.07, 6.45) is 6.29. The maximum atomic E-state index is 6.58. The van der Waals surface area contributed by atoms with Crippen LogP contribution in [0.3, 0.4) is 0 Å². The van der Waals surface area contributed by atoms with Crippen LogP contribution in [0, 0.1) is 0 Å². The van der Waals surface area contributed by atoms with Gasteiger partial charge in [-0.15, -0.1) is 0 Å².